The maximum Gasteiger partial charge on any atom is 0.255 e. The van der Waals surface area contributed by atoms with E-state index in [-0.39, 0.29) is 22.9 Å². The number of aliphatic hydroxyl groups excluding tert-OH is 3. The highest BCUT2D eigenvalue weighted by molar-refractivity contribution is 5.87. The Kier molecular flexibility index (Phi) is 5.68. The summed E-state index contributed by atoms with van der Waals surface area (Å²) in [5, 5.41) is 46.6. The monoisotopic (exact) mass is 504 g/mol. The second-order valence-corrected chi connectivity index (χ2v) is 11.9. The molecule has 1 heterocycles. The van der Waals surface area contributed by atoms with Crippen molar-refractivity contribution in [2.24, 2.45) is 11.3 Å². The Hall–Kier alpha value is -2.55. The maximum atomic E-state index is 12.2. The van der Waals surface area contributed by atoms with Crippen molar-refractivity contribution in [3.8, 4) is 0 Å². The fraction of sp³-hybridized carbons (Fsp3) is 0.500. The molecular formula is C30H36N2O5. The Morgan fingerprint density at radius 3 is 2.65 bits per heavy atom. The second-order valence-electron chi connectivity index (χ2n) is 11.9. The third kappa shape index (κ3) is 3.63. The van der Waals surface area contributed by atoms with Crippen LogP contribution in [0.1, 0.15) is 44.6 Å². The van der Waals surface area contributed by atoms with Crippen molar-refractivity contribution in [1.82, 2.24) is 9.88 Å². The second kappa shape index (κ2) is 8.48. The molecule has 5 N–H and O–H groups in total. The average Bonchev–Trinajstić information content (AvgIpc) is 3.10. The topological polar surface area (TPSA) is 117 Å². The van der Waals surface area contributed by atoms with Crippen LogP contribution in [-0.2, 0) is 0 Å². The summed E-state index contributed by atoms with van der Waals surface area (Å²) < 4.78 is 0. The molecule has 7 unspecified atom stereocenters. The van der Waals surface area contributed by atoms with Gasteiger partial charge >= 0.3 is 0 Å². The van der Waals surface area contributed by atoms with Gasteiger partial charge in [0.1, 0.15) is 6.10 Å². The van der Waals surface area contributed by atoms with Crippen LogP contribution in [0.3, 0.4) is 0 Å². The Morgan fingerprint density at radius 1 is 1.11 bits per heavy atom. The van der Waals surface area contributed by atoms with E-state index in [1.54, 1.807) is 12.3 Å². The lowest BCUT2D eigenvalue weighted by Gasteiger charge is -2.46. The van der Waals surface area contributed by atoms with E-state index in [4.69, 9.17) is 0 Å². The number of rotatable bonds is 2. The van der Waals surface area contributed by atoms with Crippen molar-refractivity contribution in [1.29, 1.82) is 0 Å². The third-order valence-electron chi connectivity index (χ3n) is 9.70. The Balaban J connectivity index is 1.38. The molecule has 0 amide bonds. The van der Waals surface area contributed by atoms with Gasteiger partial charge in [-0.25, -0.2) is 0 Å². The predicted octanol–water partition coefficient (Wildman–Crippen LogP) is 2.51. The molecule has 0 bridgehead atoms. The minimum Gasteiger partial charge on any atom is -0.388 e. The average molecular weight is 505 g/mol. The van der Waals surface area contributed by atoms with E-state index in [0.717, 1.165) is 28.5 Å². The van der Waals surface area contributed by atoms with Gasteiger partial charge in [0.25, 0.3) is 5.56 Å². The molecule has 0 spiro atoms. The first-order valence-electron chi connectivity index (χ1n) is 13.2. The summed E-state index contributed by atoms with van der Waals surface area (Å²) in [5.74, 6) is 0.170. The van der Waals surface area contributed by atoms with Crippen molar-refractivity contribution in [3.63, 3.8) is 0 Å². The highest BCUT2D eigenvalue weighted by Crippen LogP contribution is 2.60. The number of fused-ring (bicyclic) bond motifs is 4. The normalized spacial score (nSPS) is 37.6. The van der Waals surface area contributed by atoms with Gasteiger partial charge in [-0.2, -0.15) is 0 Å². The number of aliphatic hydroxyl groups is 4. The Bertz CT molecular complexity index is 1420. The van der Waals surface area contributed by atoms with Crippen molar-refractivity contribution in [2.45, 2.75) is 69.0 Å². The van der Waals surface area contributed by atoms with E-state index in [1.807, 2.05) is 37.2 Å². The van der Waals surface area contributed by atoms with Crippen LogP contribution in [0, 0.1) is 11.3 Å². The minimum atomic E-state index is -1.23. The number of aromatic amines is 1. The number of likely N-dealkylation sites (N-methyl/N-ethyl adjacent to an activating group) is 1. The van der Waals surface area contributed by atoms with E-state index in [2.05, 4.69) is 24.1 Å². The van der Waals surface area contributed by atoms with E-state index < -0.39 is 23.9 Å². The molecule has 1 fully saturated rings. The minimum absolute atomic E-state index is 0.105. The SMILES string of the molecule is CN(C)C1CC2(O)CCC3=C(C=C2C(O)C1O)C(O)CC1(C)C(c2ccc4c(=O)[nH]ccc4c2)=CCC31. The molecule has 0 aliphatic heterocycles. The maximum absolute atomic E-state index is 12.2. The van der Waals surface area contributed by atoms with Crippen molar-refractivity contribution >= 4 is 16.3 Å². The molecule has 6 rings (SSSR count). The van der Waals surface area contributed by atoms with Gasteiger partial charge in [0, 0.05) is 23.0 Å². The number of aromatic nitrogens is 1. The Morgan fingerprint density at radius 2 is 1.89 bits per heavy atom. The molecule has 0 radical (unpaired) electrons. The van der Waals surface area contributed by atoms with Crippen LogP contribution < -0.4 is 5.56 Å². The number of hydrogen-bond donors (Lipinski definition) is 5. The van der Waals surface area contributed by atoms with Crippen molar-refractivity contribution in [2.75, 3.05) is 14.1 Å². The fourth-order valence-electron chi connectivity index (χ4n) is 7.65. The fourth-order valence-corrected chi connectivity index (χ4v) is 7.65. The summed E-state index contributed by atoms with van der Waals surface area (Å²) in [6, 6.07) is 7.48. The van der Waals surface area contributed by atoms with Crippen LogP contribution in [0.25, 0.3) is 16.3 Å². The molecule has 7 atom stereocenters. The lowest BCUT2D eigenvalue weighted by atomic mass is 9.61. The smallest absolute Gasteiger partial charge is 0.255 e. The predicted molar refractivity (Wildman–Crippen MR) is 143 cm³/mol. The Labute approximate surface area is 216 Å². The number of nitrogens with one attached hydrogen (secondary N) is 1. The molecule has 0 saturated heterocycles. The summed E-state index contributed by atoms with van der Waals surface area (Å²) in [4.78, 5) is 16.8. The van der Waals surface area contributed by atoms with E-state index in [1.165, 1.54) is 5.57 Å². The first-order chi connectivity index (χ1) is 17.5. The van der Waals surface area contributed by atoms with Gasteiger partial charge in [0.05, 0.1) is 17.8 Å². The van der Waals surface area contributed by atoms with Crippen molar-refractivity contribution in [3.05, 3.63) is 75.3 Å². The zero-order valence-corrected chi connectivity index (χ0v) is 21.6. The molecular weight excluding hydrogens is 468 g/mol. The molecule has 1 saturated carbocycles. The number of benzene rings is 1. The molecule has 2 aromatic rings. The highest BCUT2D eigenvalue weighted by Gasteiger charge is 2.53. The van der Waals surface area contributed by atoms with Gasteiger partial charge in [-0.15, -0.1) is 0 Å². The lowest BCUT2D eigenvalue weighted by molar-refractivity contribution is -0.0922. The number of nitrogens with zero attached hydrogens (tertiary/aromatic N) is 1. The van der Waals surface area contributed by atoms with E-state index in [9.17, 15) is 25.2 Å². The molecule has 196 valence electrons. The summed E-state index contributed by atoms with van der Waals surface area (Å²) in [6.07, 6.45) is 5.56. The van der Waals surface area contributed by atoms with Gasteiger partial charge in [-0.3, -0.25) is 4.79 Å². The zero-order valence-electron chi connectivity index (χ0n) is 21.6. The first-order valence-corrected chi connectivity index (χ1v) is 13.2. The van der Waals surface area contributed by atoms with Gasteiger partial charge < -0.3 is 30.3 Å². The molecule has 7 nitrogen and oxygen atoms in total. The number of hydrogen-bond acceptors (Lipinski definition) is 6. The molecule has 37 heavy (non-hydrogen) atoms. The van der Waals surface area contributed by atoms with Gasteiger partial charge in [0.15, 0.2) is 0 Å². The van der Waals surface area contributed by atoms with Crippen molar-refractivity contribution < 1.29 is 20.4 Å². The number of pyridine rings is 1. The van der Waals surface area contributed by atoms with Crippen LogP contribution in [0.5, 0.6) is 0 Å². The van der Waals surface area contributed by atoms with Gasteiger partial charge in [-0.1, -0.05) is 30.7 Å². The molecule has 1 aromatic carbocycles. The van der Waals surface area contributed by atoms with E-state index >= 15 is 0 Å². The first kappa shape index (κ1) is 24.8. The van der Waals surface area contributed by atoms with Gasteiger partial charge in [-0.05, 0) is 98.0 Å². The number of allylic oxidation sites excluding steroid dienone is 3. The zero-order chi connectivity index (χ0) is 26.3. The third-order valence-corrected chi connectivity index (χ3v) is 9.70. The van der Waals surface area contributed by atoms with Crippen LogP contribution in [0.2, 0.25) is 0 Å². The van der Waals surface area contributed by atoms with Gasteiger partial charge in [0.2, 0.25) is 0 Å². The summed E-state index contributed by atoms with van der Waals surface area (Å²) >= 11 is 0. The summed E-state index contributed by atoms with van der Waals surface area (Å²) in [5.41, 5.74) is 2.97. The van der Waals surface area contributed by atoms with Crippen LogP contribution in [-0.4, -0.2) is 74.4 Å². The largest absolute Gasteiger partial charge is 0.388 e. The molecule has 7 heteroatoms. The van der Waals surface area contributed by atoms with Crippen LogP contribution in [0.15, 0.2) is 64.1 Å². The highest BCUT2D eigenvalue weighted by atomic mass is 16.3. The standard InChI is InChI=1S/C30H36N2O5/c1-29-15-25(33)20-13-23-26(34)27(35)24(32(2)3)14-30(23,37)10-8-19(20)22(29)7-6-21(29)17-4-5-18-16(12-17)9-11-31-28(18)36/h4-6,9,11-13,22,24-27,33-35,37H,7-8,10,14-15H2,1-3H3,(H,31,36). The lowest BCUT2D eigenvalue weighted by Crippen LogP contribution is -2.58. The molecule has 4 aliphatic carbocycles. The van der Waals surface area contributed by atoms with Crippen LogP contribution >= 0.6 is 0 Å². The number of H-pyrrole nitrogens is 1. The summed E-state index contributed by atoms with van der Waals surface area (Å²) in [7, 11) is 3.70. The molecule has 4 aliphatic rings. The molecule has 1 aromatic heterocycles. The van der Waals surface area contributed by atoms with Crippen LogP contribution in [0.4, 0.5) is 0 Å². The summed E-state index contributed by atoms with van der Waals surface area (Å²) in [6.45, 7) is 2.21. The quantitative estimate of drug-likeness (QED) is 0.429. The van der Waals surface area contributed by atoms with E-state index in [0.29, 0.717) is 36.6 Å².